The molecule has 2 rings (SSSR count). The molecular formula is C9H20O7. The van der Waals surface area contributed by atoms with Crippen LogP contribution >= 0.6 is 0 Å². The van der Waals surface area contributed by atoms with Crippen LogP contribution in [0.1, 0.15) is 5.56 Å². The van der Waals surface area contributed by atoms with E-state index >= 15 is 0 Å². The van der Waals surface area contributed by atoms with Gasteiger partial charge in [-0.15, -0.1) is 0 Å². The van der Waals surface area contributed by atoms with E-state index in [0.29, 0.717) is 6.61 Å². The molecule has 7 heteroatoms. The van der Waals surface area contributed by atoms with Gasteiger partial charge in [0.15, 0.2) is 0 Å². The Morgan fingerprint density at radius 1 is 0.812 bits per heavy atom. The van der Waals surface area contributed by atoms with Crippen LogP contribution in [0.2, 0.25) is 0 Å². The zero-order chi connectivity index (χ0) is 6.81. The van der Waals surface area contributed by atoms with Gasteiger partial charge >= 0.3 is 0 Å². The minimum atomic E-state index is 0. The van der Waals surface area contributed by atoms with E-state index in [1.807, 2.05) is 30.3 Å². The highest BCUT2D eigenvalue weighted by molar-refractivity contribution is 5.58. The van der Waals surface area contributed by atoms with Gasteiger partial charge in [0.1, 0.15) is 12.4 Å². The number of hydrogen-bond donors (Lipinski definition) is 0. The lowest BCUT2D eigenvalue weighted by molar-refractivity contribution is 0.358. The van der Waals surface area contributed by atoms with Gasteiger partial charge in [0, 0.05) is 5.56 Å². The fourth-order valence-electron chi connectivity index (χ4n) is 1.06. The Labute approximate surface area is 92.8 Å². The molecule has 0 bridgehead atoms. The van der Waals surface area contributed by atoms with Crippen molar-refractivity contribution >= 4 is 6.08 Å². The molecule has 0 spiro atoms. The Bertz CT molecular complexity index is 274. The first-order valence-electron chi connectivity index (χ1n) is 3.35. The van der Waals surface area contributed by atoms with E-state index in [9.17, 15) is 0 Å². The van der Waals surface area contributed by atoms with Crippen LogP contribution in [0.15, 0.2) is 30.3 Å². The molecular weight excluding hydrogens is 220 g/mol. The molecule has 0 saturated heterocycles. The zero-order valence-electron chi connectivity index (χ0n) is 8.58. The molecule has 1 aliphatic rings. The summed E-state index contributed by atoms with van der Waals surface area (Å²) in [5.74, 6) is 0.991. The summed E-state index contributed by atoms with van der Waals surface area (Å²) < 4.78 is 5.34. The molecule has 0 saturated carbocycles. The fourth-order valence-corrected chi connectivity index (χ4v) is 1.06. The molecule has 1 aliphatic heterocycles. The van der Waals surface area contributed by atoms with Crippen molar-refractivity contribution in [1.82, 2.24) is 0 Å². The van der Waals surface area contributed by atoms with Crippen molar-refractivity contribution in [1.29, 1.82) is 0 Å². The van der Waals surface area contributed by atoms with Gasteiger partial charge < -0.3 is 37.6 Å². The molecule has 0 aromatic heterocycles. The first-order valence-corrected chi connectivity index (χ1v) is 3.35. The number of para-hydroxylation sites is 1. The average Bonchev–Trinajstić information content (AvgIpc) is 2.05. The highest BCUT2D eigenvalue weighted by Crippen LogP contribution is 2.21. The van der Waals surface area contributed by atoms with Crippen LogP contribution in [0.3, 0.4) is 0 Å². The minimum absolute atomic E-state index is 0. The summed E-state index contributed by atoms with van der Waals surface area (Å²) in [6, 6.07) is 8.03. The molecule has 0 aliphatic carbocycles. The molecule has 98 valence electrons. The lowest BCUT2D eigenvalue weighted by Crippen LogP contribution is -1.98. The maximum Gasteiger partial charge on any atom is 0.126 e. The largest absolute Gasteiger partial charge is 0.489 e. The van der Waals surface area contributed by atoms with Crippen LogP contribution in [0.5, 0.6) is 5.75 Å². The highest BCUT2D eigenvalue weighted by atomic mass is 16.5. The number of fused-ring (bicyclic) bond motifs is 1. The standard InChI is InChI=1S/C9H8O.6H2O/c1-2-6-9-8(4-1)5-3-7-10-9;;;;;;/h1-6H,7H2;6*1H2. The third-order valence-corrected chi connectivity index (χ3v) is 1.55. The SMILES string of the molecule is C1=Cc2ccccc2OC1.O.O.O.O.O.O. The summed E-state index contributed by atoms with van der Waals surface area (Å²) >= 11 is 0. The Hall–Kier alpha value is -1.48. The van der Waals surface area contributed by atoms with Gasteiger partial charge in [0.25, 0.3) is 0 Å². The summed E-state index contributed by atoms with van der Waals surface area (Å²) in [5, 5.41) is 0. The normalized spacial score (nSPS) is 8.75. The van der Waals surface area contributed by atoms with Crippen LogP contribution in [0.25, 0.3) is 6.08 Å². The summed E-state index contributed by atoms with van der Waals surface area (Å²) in [7, 11) is 0. The molecule has 0 amide bonds. The summed E-state index contributed by atoms with van der Waals surface area (Å²) in [4.78, 5) is 0. The molecule has 0 unspecified atom stereocenters. The van der Waals surface area contributed by atoms with Crippen LogP contribution < -0.4 is 4.74 Å². The van der Waals surface area contributed by atoms with Crippen molar-refractivity contribution in [3.63, 3.8) is 0 Å². The molecule has 1 heterocycles. The van der Waals surface area contributed by atoms with Crippen LogP contribution in [0.4, 0.5) is 0 Å². The van der Waals surface area contributed by atoms with Gasteiger partial charge in [-0.1, -0.05) is 24.3 Å². The fraction of sp³-hybridized carbons (Fsp3) is 0.111. The van der Waals surface area contributed by atoms with Gasteiger partial charge in [0.05, 0.1) is 0 Å². The summed E-state index contributed by atoms with van der Waals surface area (Å²) in [6.07, 6.45) is 4.10. The number of hydrogen-bond acceptors (Lipinski definition) is 1. The minimum Gasteiger partial charge on any atom is -0.489 e. The molecule has 1 aromatic carbocycles. The average molecular weight is 240 g/mol. The smallest absolute Gasteiger partial charge is 0.126 e. The van der Waals surface area contributed by atoms with Gasteiger partial charge in [-0.05, 0) is 12.1 Å². The van der Waals surface area contributed by atoms with Gasteiger partial charge in [-0.2, -0.15) is 0 Å². The lowest BCUT2D eigenvalue weighted by atomic mass is 10.1. The van der Waals surface area contributed by atoms with Crippen LogP contribution in [-0.4, -0.2) is 39.5 Å². The van der Waals surface area contributed by atoms with E-state index in [-0.39, 0.29) is 32.9 Å². The monoisotopic (exact) mass is 240 g/mol. The third kappa shape index (κ3) is 6.09. The molecule has 0 atom stereocenters. The van der Waals surface area contributed by atoms with E-state index < -0.39 is 0 Å². The van der Waals surface area contributed by atoms with Crippen molar-refractivity contribution in [2.24, 2.45) is 0 Å². The van der Waals surface area contributed by atoms with Crippen molar-refractivity contribution in [3.8, 4) is 5.75 Å². The van der Waals surface area contributed by atoms with E-state index in [2.05, 4.69) is 6.08 Å². The second kappa shape index (κ2) is 13.5. The molecule has 1 aromatic rings. The van der Waals surface area contributed by atoms with E-state index in [4.69, 9.17) is 4.74 Å². The second-order valence-electron chi connectivity index (χ2n) is 2.25. The van der Waals surface area contributed by atoms with Crippen LogP contribution in [-0.2, 0) is 0 Å². The van der Waals surface area contributed by atoms with E-state index in [1.165, 1.54) is 5.56 Å². The van der Waals surface area contributed by atoms with Gasteiger partial charge in [0.2, 0.25) is 0 Å². The van der Waals surface area contributed by atoms with Crippen molar-refractivity contribution in [3.05, 3.63) is 35.9 Å². The van der Waals surface area contributed by atoms with Gasteiger partial charge in [-0.25, -0.2) is 0 Å². The Morgan fingerprint density at radius 2 is 1.38 bits per heavy atom. The number of rotatable bonds is 0. The van der Waals surface area contributed by atoms with Gasteiger partial charge in [-0.3, -0.25) is 0 Å². The van der Waals surface area contributed by atoms with E-state index in [1.54, 1.807) is 0 Å². The molecule has 12 N–H and O–H groups in total. The van der Waals surface area contributed by atoms with E-state index in [0.717, 1.165) is 5.75 Å². The number of ether oxygens (including phenoxy) is 1. The highest BCUT2D eigenvalue weighted by Gasteiger charge is 2.01. The molecule has 16 heavy (non-hydrogen) atoms. The second-order valence-corrected chi connectivity index (χ2v) is 2.25. The topological polar surface area (TPSA) is 198 Å². The predicted molar refractivity (Wildman–Crippen MR) is 62.7 cm³/mol. The molecule has 0 fully saturated rings. The summed E-state index contributed by atoms with van der Waals surface area (Å²) in [6.45, 7) is 0.705. The maximum absolute atomic E-state index is 5.34. The maximum atomic E-state index is 5.34. The summed E-state index contributed by atoms with van der Waals surface area (Å²) in [5.41, 5.74) is 1.17. The zero-order valence-corrected chi connectivity index (χ0v) is 8.58. The Kier molecular flexibility index (Phi) is 24.7. The molecule has 7 nitrogen and oxygen atoms in total. The van der Waals surface area contributed by atoms with Crippen molar-refractivity contribution in [2.75, 3.05) is 6.61 Å². The Balaban J connectivity index is -0.0000000672. The third-order valence-electron chi connectivity index (χ3n) is 1.55. The lowest BCUT2D eigenvalue weighted by Gasteiger charge is -2.10. The van der Waals surface area contributed by atoms with Crippen molar-refractivity contribution in [2.45, 2.75) is 0 Å². The first kappa shape index (κ1) is 29.3. The molecule has 0 radical (unpaired) electrons. The van der Waals surface area contributed by atoms with Crippen LogP contribution in [0, 0.1) is 0 Å². The quantitative estimate of drug-likeness (QED) is 0.461. The predicted octanol–water partition coefficient (Wildman–Crippen LogP) is -2.86. The number of benzene rings is 1. The Morgan fingerprint density at radius 3 is 1.94 bits per heavy atom. The van der Waals surface area contributed by atoms with Crippen molar-refractivity contribution < 1.29 is 37.6 Å². The first-order chi connectivity index (χ1) is 4.97.